The van der Waals surface area contributed by atoms with Gasteiger partial charge in [-0.1, -0.05) is 60.1 Å². The summed E-state index contributed by atoms with van der Waals surface area (Å²) in [5, 5.41) is 19.2. The topological polar surface area (TPSA) is 96.8 Å². The summed E-state index contributed by atoms with van der Waals surface area (Å²) in [6, 6.07) is 2.21. The van der Waals surface area contributed by atoms with Crippen molar-refractivity contribution in [1.29, 1.82) is 5.26 Å². The Bertz CT molecular complexity index is 1470. The summed E-state index contributed by atoms with van der Waals surface area (Å²) in [7, 11) is 0. The molecule has 1 aromatic rings. The molecule has 7 atom stereocenters. The van der Waals surface area contributed by atoms with E-state index in [2.05, 4.69) is 45.8 Å². The van der Waals surface area contributed by atoms with Gasteiger partial charge in [-0.25, -0.2) is 0 Å². The zero-order chi connectivity index (χ0) is 29.4. The normalized spacial score (nSPS) is 44.4. The van der Waals surface area contributed by atoms with Gasteiger partial charge in [-0.15, -0.1) is 10.2 Å². The zero-order valence-electron chi connectivity index (χ0n) is 25.9. The first kappa shape index (κ1) is 27.3. The fourth-order valence-corrected chi connectivity index (χ4v) is 10.9. The second-order valence-corrected chi connectivity index (χ2v) is 16.6. The number of nitriles is 1. The maximum Gasteiger partial charge on any atom is 0.223 e. The third-order valence-corrected chi connectivity index (χ3v) is 13.7. The van der Waals surface area contributed by atoms with E-state index in [0.717, 1.165) is 75.1 Å². The number of hydrogen-bond acceptors (Lipinski definition) is 6. The van der Waals surface area contributed by atoms with Gasteiger partial charge in [0.15, 0.2) is 11.6 Å². The Balaban J connectivity index is 1.38. The molecule has 0 bridgehead atoms. The predicted octanol–water partition coefficient (Wildman–Crippen LogP) is 7.42. The molecule has 1 aromatic heterocycles. The molecule has 7 rings (SSSR count). The van der Waals surface area contributed by atoms with E-state index < -0.39 is 10.8 Å². The first-order chi connectivity index (χ1) is 19.1. The summed E-state index contributed by atoms with van der Waals surface area (Å²) in [6.07, 6.45) is 12.9. The van der Waals surface area contributed by atoms with E-state index in [1.165, 1.54) is 0 Å². The molecule has 0 N–H and O–H groups in total. The lowest BCUT2D eigenvalue weighted by Gasteiger charge is -2.68. The number of carbonyl (C=O) groups is 2. The minimum atomic E-state index is -0.649. The molecule has 0 radical (unpaired) electrons. The minimum absolute atomic E-state index is 0.0578. The fraction of sp³-hybridized carbons (Fsp3) is 0.743. The number of carbonyl (C=O) groups excluding carboxylic acids is 2. The van der Waals surface area contributed by atoms with E-state index in [1.54, 1.807) is 0 Å². The SMILES string of the molecule is CC1(C)CCC2(c3nnc(C4CC4)o3)CCC3(C)C(C(=O)C=C4C5(C)C=C(C#N)C(=O)C(C)(C)C5CCC43C)C2C1. The molecule has 6 heteroatoms. The molecule has 6 aliphatic carbocycles. The molecule has 4 fully saturated rings. The summed E-state index contributed by atoms with van der Waals surface area (Å²) < 4.78 is 6.48. The Morgan fingerprint density at radius 1 is 0.927 bits per heavy atom. The minimum Gasteiger partial charge on any atom is -0.424 e. The second kappa shape index (κ2) is 8.08. The Morgan fingerprint density at radius 3 is 2.32 bits per heavy atom. The number of ketones is 2. The molecular weight excluding hydrogens is 510 g/mol. The van der Waals surface area contributed by atoms with Gasteiger partial charge in [-0.2, -0.15) is 5.26 Å². The van der Waals surface area contributed by atoms with Crippen LogP contribution in [0.3, 0.4) is 0 Å². The average molecular weight is 556 g/mol. The number of rotatable bonds is 2. The van der Waals surface area contributed by atoms with Gasteiger partial charge in [0.1, 0.15) is 6.07 Å². The van der Waals surface area contributed by atoms with Crippen LogP contribution in [0, 0.1) is 56.2 Å². The van der Waals surface area contributed by atoms with Crippen LogP contribution >= 0.6 is 0 Å². The van der Waals surface area contributed by atoms with Gasteiger partial charge in [-0.05, 0) is 91.9 Å². The number of allylic oxidation sites excluding steroid dienone is 4. The summed E-state index contributed by atoms with van der Waals surface area (Å²) in [6.45, 7) is 15.7. The van der Waals surface area contributed by atoms with E-state index in [-0.39, 0.29) is 56.6 Å². The largest absolute Gasteiger partial charge is 0.424 e. The van der Waals surface area contributed by atoms with Gasteiger partial charge in [-0.3, -0.25) is 9.59 Å². The van der Waals surface area contributed by atoms with Crippen LogP contribution in [-0.4, -0.2) is 21.8 Å². The van der Waals surface area contributed by atoms with Crippen molar-refractivity contribution < 1.29 is 14.0 Å². The van der Waals surface area contributed by atoms with Crippen LogP contribution in [0.2, 0.25) is 0 Å². The van der Waals surface area contributed by atoms with Crippen LogP contribution in [-0.2, 0) is 15.0 Å². The average Bonchev–Trinajstić information content (AvgIpc) is 3.63. The van der Waals surface area contributed by atoms with E-state index in [1.807, 2.05) is 26.0 Å². The number of nitrogens with zero attached hydrogens (tertiary/aromatic N) is 3. The maximum absolute atomic E-state index is 14.7. The molecule has 0 saturated heterocycles. The first-order valence-corrected chi connectivity index (χ1v) is 15.9. The quantitative estimate of drug-likeness (QED) is 0.377. The molecule has 0 aromatic carbocycles. The third-order valence-electron chi connectivity index (χ3n) is 13.7. The van der Waals surface area contributed by atoms with Gasteiger partial charge in [0, 0.05) is 22.7 Å². The van der Waals surface area contributed by atoms with Gasteiger partial charge in [0.05, 0.1) is 11.0 Å². The van der Waals surface area contributed by atoms with Crippen molar-refractivity contribution in [3.8, 4) is 6.07 Å². The van der Waals surface area contributed by atoms with Crippen LogP contribution in [0.1, 0.15) is 124 Å². The molecule has 0 spiro atoms. The van der Waals surface area contributed by atoms with Crippen LogP contribution in [0.15, 0.2) is 27.7 Å². The number of aromatic nitrogens is 2. The number of hydrogen-bond donors (Lipinski definition) is 0. The van der Waals surface area contributed by atoms with Crippen LogP contribution < -0.4 is 0 Å². The van der Waals surface area contributed by atoms with Gasteiger partial charge in [0.2, 0.25) is 11.8 Å². The molecule has 218 valence electrons. The highest BCUT2D eigenvalue weighted by molar-refractivity contribution is 6.04. The van der Waals surface area contributed by atoms with Crippen molar-refractivity contribution in [2.24, 2.45) is 44.8 Å². The Kier molecular flexibility index (Phi) is 5.38. The predicted molar refractivity (Wildman–Crippen MR) is 154 cm³/mol. The molecule has 1 heterocycles. The maximum atomic E-state index is 14.7. The lowest BCUT2D eigenvalue weighted by molar-refractivity contribution is -0.161. The van der Waals surface area contributed by atoms with E-state index in [4.69, 9.17) is 9.52 Å². The van der Waals surface area contributed by atoms with E-state index >= 15 is 0 Å². The lowest BCUT2D eigenvalue weighted by atomic mass is 9.34. The molecule has 0 amide bonds. The smallest absolute Gasteiger partial charge is 0.223 e. The molecule has 41 heavy (non-hydrogen) atoms. The molecule has 4 saturated carbocycles. The van der Waals surface area contributed by atoms with Gasteiger partial charge < -0.3 is 4.42 Å². The van der Waals surface area contributed by atoms with Crippen molar-refractivity contribution in [1.82, 2.24) is 10.2 Å². The number of Topliss-reactive ketones (excluding diaryl/α,β-unsaturated/α-hetero) is 1. The van der Waals surface area contributed by atoms with Crippen LogP contribution in [0.5, 0.6) is 0 Å². The molecule has 6 aliphatic rings. The Labute approximate surface area is 244 Å². The van der Waals surface area contributed by atoms with Crippen molar-refractivity contribution in [2.75, 3.05) is 0 Å². The highest BCUT2D eigenvalue weighted by Gasteiger charge is 2.70. The molecular formula is C35H45N3O3. The monoisotopic (exact) mass is 555 g/mol. The Hall–Kier alpha value is -2.55. The molecule has 7 unspecified atom stereocenters. The van der Waals surface area contributed by atoms with Gasteiger partial charge in [0.25, 0.3) is 0 Å². The van der Waals surface area contributed by atoms with Crippen molar-refractivity contribution in [3.05, 3.63) is 35.1 Å². The second-order valence-electron chi connectivity index (χ2n) is 16.6. The standard InChI is InChI=1S/C35H45N3O3/c1-30(2)12-14-35(29-38-37-28(41-29)20-8-9-20)15-13-34(7)26(22(35)18-30)23(39)16-25-32(5)17-21(19-36)27(40)31(3,4)24(32)10-11-33(25,34)6/h16-17,20,22,24,26H,8-15,18H2,1-7H3. The zero-order valence-corrected chi connectivity index (χ0v) is 25.9. The van der Waals surface area contributed by atoms with Crippen molar-refractivity contribution in [2.45, 2.75) is 118 Å². The van der Waals surface area contributed by atoms with E-state index in [9.17, 15) is 14.9 Å². The van der Waals surface area contributed by atoms with Crippen molar-refractivity contribution >= 4 is 11.6 Å². The van der Waals surface area contributed by atoms with E-state index in [0.29, 0.717) is 5.92 Å². The lowest BCUT2D eigenvalue weighted by Crippen LogP contribution is -2.65. The van der Waals surface area contributed by atoms with Crippen LogP contribution in [0.25, 0.3) is 0 Å². The van der Waals surface area contributed by atoms with Crippen LogP contribution in [0.4, 0.5) is 0 Å². The van der Waals surface area contributed by atoms with Crippen molar-refractivity contribution in [3.63, 3.8) is 0 Å². The summed E-state index contributed by atoms with van der Waals surface area (Å²) in [4.78, 5) is 28.0. The molecule has 0 aliphatic heterocycles. The Morgan fingerprint density at radius 2 is 1.63 bits per heavy atom. The highest BCUT2D eigenvalue weighted by atomic mass is 16.4. The fourth-order valence-electron chi connectivity index (χ4n) is 10.9. The first-order valence-electron chi connectivity index (χ1n) is 15.9. The molecule has 6 nitrogen and oxygen atoms in total. The number of fused-ring (bicyclic) bond motifs is 7. The third kappa shape index (κ3) is 3.35. The summed E-state index contributed by atoms with van der Waals surface area (Å²) in [5.74, 6) is 2.21. The van der Waals surface area contributed by atoms with Gasteiger partial charge >= 0.3 is 0 Å². The highest BCUT2D eigenvalue weighted by Crippen LogP contribution is 2.74. The summed E-state index contributed by atoms with van der Waals surface area (Å²) >= 11 is 0. The summed E-state index contributed by atoms with van der Waals surface area (Å²) in [5.41, 5.74) is -0.339.